The molecule has 0 saturated carbocycles. The Balaban J connectivity index is 2.13. The number of carbonyl (C=O) groups excluding carboxylic acids is 1. The number of likely N-dealkylation sites (N-methyl/N-ethyl adjacent to an activating group) is 1. The lowest BCUT2D eigenvalue weighted by molar-refractivity contribution is -0.123. The lowest BCUT2D eigenvalue weighted by Crippen LogP contribution is -2.50. The van der Waals surface area contributed by atoms with Crippen molar-refractivity contribution < 1.29 is 4.79 Å². The third-order valence-electron chi connectivity index (χ3n) is 3.93. The van der Waals surface area contributed by atoms with Crippen molar-refractivity contribution in [2.24, 2.45) is 5.92 Å². The van der Waals surface area contributed by atoms with E-state index in [1.807, 2.05) is 6.92 Å². The number of carbonyl (C=O) groups is 1. The van der Waals surface area contributed by atoms with Crippen molar-refractivity contribution in [3.05, 3.63) is 0 Å². The summed E-state index contributed by atoms with van der Waals surface area (Å²) in [7, 11) is 0. The average molecular weight is 210 g/mol. The lowest BCUT2D eigenvalue weighted by atomic mass is 9.89. The fourth-order valence-electron chi connectivity index (χ4n) is 3.13. The molecule has 0 aromatic rings. The minimum Gasteiger partial charge on any atom is -0.312 e. The molecule has 0 aliphatic carbocycles. The maximum absolute atomic E-state index is 12.0. The summed E-state index contributed by atoms with van der Waals surface area (Å²) in [5.74, 6) is 1.12. The highest BCUT2D eigenvalue weighted by Crippen LogP contribution is 2.30. The topological polar surface area (TPSA) is 32.3 Å². The molecule has 0 spiro atoms. The van der Waals surface area contributed by atoms with Gasteiger partial charge in [0.15, 0.2) is 5.78 Å². The second-order valence-electron chi connectivity index (χ2n) is 4.73. The van der Waals surface area contributed by atoms with Gasteiger partial charge in [0.1, 0.15) is 0 Å². The van der Waals surface area contributed by atoms with Crippen LogP contribution < -0.4 is 5.32 Å². The minimum atomic E-state index is 0.158. The number of hydrogen-bond donors (Lipinski definition) is 1. The summed E-state index contributed by atoms with van der Waals surface area (Å²) in [5.41, 5.74) is 0. The first-order valence-electron chi connectivity index (χ1n) is 6.28. The van der Waals surface area contributed by atoms with Crippen molar-refractivity contribution in [1.82, 2.24) is 10.2 Å². The zero-order chi connectivity index (χ0) is 10.8. The van der Waals surface area contributed by atoms with Gasteiger partial charge in [-0.05, 0) is 31.8 Å². The summed E-state index contributed by atoms with van der Waals surface area (Å²) in [6.45, 7) is 7.35. The molecule has 3 heteroatoms. The van der Waals surface area contributed by atoms with E-state index in [1.54, 1.807) is 0 Å². The van der Waals surface area contributed by atoms with E-state index >= 15 is 0 Å². The van der Waals surface area contributed by atoms with Gasteiger partial charge in [-0.2, -0.15) is 0 Å². The van der Waals surface area contributed by atoms with Crippen LogP contribution in [-0.4, -0.2) is 42.4 Å². The van der Waals surface area contributed by atoms with Crippen molar-refractivity contribution in [2.45, 2.75) is 45.2 Å². The fourth-order valence-corrected chi connectivity index (χ4v) is 3.13. The van der Waals surface area contributed by atoms with Crippen LogP contribution in [0.1, 0.15) is 33.1 Å². The molecule has 0 radical (unpaired) electrons. The average Bonchev–Trinajstić information content (AvgIpc) is 2.66. The second kappa shape index (κ2) is 4.62. The normalized spacial score (nSPS) is 36.5. The molecule has 15 heavy (non-hydrogen) atoms. The molecule has 2 aliphatic heterocycles. The van der Waals surface area contributed by atoms with Crippen LogP contribution in [0.2, 0.25) is 0 Å². The van der Waals surface area contributed by atoms with Crippen LogP contribution in [0.15, 0.2) is 0 Å². The number of rotatable bonds is 3. The highest BCUT2D eigenvalue weighted by atomic mass is 16.1. The molecule has 2 fully saturated rings. The Morgan fingerprint density at radius 3 is 2.93 bits per heavy atom. The van der Waals surface area contributed by atoms with Crippen LogP contribution >= 0.6 is 0 Å². The number of hydrogen-bond acceptors (Lipinski definition) is 3. The molecular formula is C12H22N2O. The SMILES string of the molecule is CCC(=O)C1C2NCCCC2CN1CC. The molecule has 2 saturated heterocycles. The zero-order valence-electron chi connectivity index (χ0n) is 9.83. The molecule has 0 bridgehead atoms. The molecular weight excluding hydrogens is 188 g/mol. The fraction of sp³-hybridized carbons (Fsp3) is 0.917. The smallest absolute Gasteiger partial charge is 0.151 e. The monoisotopic (exact) mass is 210 g/mol. The summed E-state index contributed by atoms with van der Waals surface area (Å²) >= 11 is 0. The molecule has 3 unspecified atom stereocenters. The number of ketones is 1. The number of fused-ring (bicyclic) bond motifs is 1. The summed E-state index contributed by atoms with van der Waals surface area (Å²) in [5, 5.41) is 3.55. The van der Waals surface area contributed by atoms with Crippen molar-refractivity contribution in [1.29, 1.82) is 0 Å². The highest BCUT2D eigenvalue weighted by molar-refractivity contribution is 5.85. The Morgan fingerprint density at radius 1 is 1.47 bits per heavy atom. The lowest BCUT2D eigenvalue weighted by Gasteiger charge is -2.30. The third kappa shape index (κ3) is 1.95. The molecule has 0 aromatic carbocycles. The molecule has 3 atom stereocenters. The number of likely N-dealkylation sites (tertiary alicyclic amines) is 1. The first-order chi connectivity index (χ1) is 7.27. The van der Waals surface area contributed by atoms with Gasteiger partial charge in [0.25, 0.3) is 0 Å². The van der Waals surface area contributed by atoms with E-state index in [4.69, 9.17) is 0 Å². The summed E-state index contributed by atoms with van der Waals surface area (Å²) in [6, 6.07) is 0.594. The van der Waals surface area contributed by atoms with Gasteiger partial charge in [-0.3, -0.25) is 9.69 Å². The molecule has 2 aliphatic rings. The van der Waals surface area contributed by atoms with Gasteiger partial charge in [0.05, 0.1) is 6.04 Å². The van der Waals surface area contributed by atoms with Crippen LogP contribution in [0.4, 0.5) is 0 Å². The van der Waals surface area contributed by atoms with Crippen molar-refractivity contribution in [2.75, 3.05) is 19.6 Å². The van der Waals surface area contributed by atoms with Gasteiger partial charge in [-0.25, -0.2) is 0 Å². The summed E-state index contributed by atoms with van der Waals surface area (Å²) in [4.78, 5) is 14.3. The van der Waals surface area contributed by atoms with Crippen LogP contribution in [0, 0.1) is 5.92 Å². The Bertz CT molecular complexity index is 242. The minimum absolute atomic E-state index is 0.158. The predicted molar refractivity (Wildman–Crippen MR) is 60.8 cm³/mol. The quantitative estimate of drug-likeness (QED) is 0.755. The molecule has 1 N–H and O–H groups in total. The van der Waals surface area contributed by atoms with Crippen molar-refractivity contribution in [3.63, 3.8) is 0 Å². The van der Waals surface area contributed by atoms with E-state index in [0.29, 0.717) is 24.2 Å². The second-order valence-corrected chi connectivity index (χ2v) is 4.73. The number of piperidine rings is 1. The zero-order valence-corrected chi connectivity index (χ0v) is 9.83. The van der Waals surface area contributed by atoms with Crippen molar-refractivity contribution >= 4 is 5.78 Å². The predicted octanol–water partition coefficient (Wildman–Crippen LogP) is 1.04. The number of nitrogens with one attached hydrogen (secondary N) is 1. The van der Waals surface area contributed by atoms with Crippen molar-refractivity contribution in [3.8, 4) is 0 Å². The number of Topliss-reactive ketones (excluding diaryl/α,β-unsaturated/α-hetero) is 1. The van der Waals surface area contributed by atoms with Crippen LogP contribution in [0.5, 0.6) is 0 Å². The van der Waals surface area contributed by atoms with Gasteiger partial charge in [0, 0.05) is 19.0 Å². The van der Waals surface area contributed by atoms with Gasteiger partial charge in [-0.15, -0.1) is 0 Å². The Labute approximate surface area is 92.2 Å². The van der Waals surface area contributed by atoms with Crippen LogP contribution in [0.25, 0.3) is 0 Å². The Hall–Kier alpha value is -0.410. The van der Waals surface area contributed by atoms with E-state index in [0.717, 1.165) is 19.6 Å². The van der Waals surface area contributed by atoms with Crippen LogP contribution in [0.3, 0.4) is 0 Å². The highest BCUT2D eigenvalue weighted by Gasteiger charge is 2.44. The van der Waals surface area contributed by atoms with Gasteiger partial charge < -0.3 is 5.32 Å². The van der Waals surface area contributed by atoms with Gasteiger partial charge in [-0.1, -0.05) is 13.8 Å². The molecule has 0 amide bonds. The Morgan fingerprint density at radius 2 is 2.27 bits per heavy atom. The van der Waals surface area contributed by atoms with E-state index < -0.39 is 0 Å². The van der Waals surface area contributed by atoms with E-state index in [9.17, 15) is 4.79 Å². The molecule has 86 valence electrons. The van der Waals surface area contributed by atoms with E-state index in [2.05, 4.69) is 17.1 Å². The molecule has 0 aromatic heterocycles. The Kier molecular flexibility index (Phi) is 3.42. The molecule has 2 rings (SSSR count). The first kappa shape index (κ1) is 11.1. The number of nitrogens with zero attached hydrogens (tertiary/aromatic N) is 1. The molecule has 2 heterocycles. The van der Waals surface area contributed by atoms with E-state index in [1.165, 1.54) is 12.8 Å². The third-order valence-corrected chi connectivity index (χ3v) is 3.93. The van der Waals surface area contributed by atoms with Crippen LogP contribution in [-0.2, 0) is 4.79 Å². The van der Waals surface area contributed by atoms with Gasteiger partial charge >= 0.3 is 0 Å². The first-order valence-corrected chi connectivity index (χ1v) is 6.28. The maximum Gasteiger partial charge on any atom is 0.151 e. The standard InChI is InChI=1S/C12H22N2O/c1-3-10(15)12-11-9(6-5-7-13-11)8-14(12)4-2/h9,11-13H,3-8H2,1-2H3. The van der Waals surface area contributed by atoms with Gasteiger partial charge in [0.2, 0.25) is 0 Å². The summed E-state index contributed by atoms with van der Waals surface area (Å²) < 4.78 is 0. The molecule has 3 nitrogen and oxygen atoms in total. The summed E-state index contributed by atoms with van der Waals surface area (Å²) in [6.07, 6.45) is 3.24. The maximum atomic E-state index is 12.0. The van der Waals surface area contributed by atoms with E-state index in [-0.39, 0.29) is 6.04 Å². The largest absolute Gasteiger partial charge is 0.312 e.